The van der Waals surface area contributed by atoms with Crippen molar-refractivity contribution in [3.63, 3.8) is 0 Å². The predicted molar refractivity (Wildman–Crippen MR) is 61.8 cm³/mol. The molecule has 16 heavy (non-hydrogen) atoms. The third kappa shape index (κ3) is 1.92. The highest BCUT2D eigenvalue weighted by Crippen LogP contribution is 2.41. The van der Waals surface area contributed by atoms with Crippen LogP contribution in [-0.4, -0.2) is 7.11 Å². The van der Waals surface area contributed by atoms with E-state index >= 15 is 0 Å². The third-order valence-corrected chi connectivity index (χ3v) is 3.51. The lowest BCUT2D eigenvalue weighted by Gasteiger charge is -2.25. The third-order valence-electron chi connectivity index (χ3n) is 3.51. The number of halogens is 1. The van der Waals surface area contributed by atoms with Gasteiger partial charge in [0, 0.05) is 17.2 Å². The lowest BCUT2D eigenvalue weighted by atomic mass is 9.88. The van der Waals surface area contributed by atoms with Crippen molar-refractivity contribution in [1.82, 2.24) is 0 Å². The summed E-state index contributed by atoms with van der Waals surface area (Å²) in [5.74, 6) is 0.860. The first-order chi connectivity index (χ1) is 7.55. The zero-order valence-corrected chi connectivity index (χ0v) is 9.79. The van der Waals surface area contributed by atoms with E-state index in [1.807, 2.05) is 0 Å². The lowest BCUT2D eigenvalue weighted by Crippen LogP contribution is -2.34. The van der Waals surface area contributed by atoms with Crippen molar-refractivity contribution < 1.29 is 9.13 Å². The fourth-order valence-electron chi connectivity index (χ4n) is 2.60. The van der Waals surface area contributed by atoms with E-state index < -0.39 is 5.54 Å². The van der Waals surface area contributed by atoms with Crippen molar-refractivity contribution in [2.75, 3.05) is 7.11 Å². The molecule has 0 aromatic heterocycles. The summed E-state index contributed by atoms with van der Waals surface area (Å²) in [7, 11) is 1.53. The van der Waals surface area contributed by atoms with Crippen molar-refractivity contribution in [2.45, 2.75) is 31.7 Å². The van der Waals surface area contributed by atoms with Crippen LogP contribution < -0.4 is 10.5 Å². The van der Waals surface area contributed by atoms with Crippen molar-refractivity contribution >= 4 is 0 Å². The van der Waals surface area contributed by atoms with Gasteiger partial charge in [-0.25, -0.2) is 4.39 Å². The number of methoxy groups -OCH3 is 1. The van der Waals surface area contributed by atoms with Crippen molar-refractivity contribution in [3.8, 4) is 5.75 Å². The van der Waals surface area contributed by atoms with E-state index in [-0.39, 0.29) is 5.82 Å². The Morgan fingerprint density at radius 2 is 2.25 bits per heavy atom. The molecule has 2 rings (SSSR count). The molecule has 1 aromatic rings. The highest BCUT2D eigenvalue weighted by Gasteiger charge is 2.37. The van der Waals surface area contributed by atoms with E-state index in [0.717, 1.165) is 19.3 Å². The second kappa shape index (κ2) is 4.06. The smallest absolute Gasteiger partial charge is 0.131 e. The van der Waals surface area contributed by atoms with Gasteiger partial charge in [-0.1, -0.05) is 13.0 Å². The zero-order valence-electron chi connectivity index (χ0n) is 9.79. The molecule has 2 nitrogen and oxygen atoms in total. The Morgan fingerprint density at radius 1 is 1.50 bits per heavy atom. The van der Waals surface area contributed by atoms with Gasteiger partial charge in [0.15, 0.2) is 0 Å². The van der Waals surface area contributed by atoms with Gasteiger partial charge in [0.2, 0.25) is 0 Å². The van der Waals surface area contributed by atoms with Gasteiger partial charge >= 0.3 is 0 Å². The quantitative estimate of drug-likeness (QED) is 0.836. The normalized spacial score (nSPS) is 29.4. The van der Waals surface area contributed by atoms with Crippen molar-refractivity contribution in [1.29, 1.82) is 0 Å². The average molecular weight is 223 g/mol. The molecule has 1 saturated carbocycles. The summed E-state index contributed by atoms with van der Waals surface area (Å²) in [4.78, 5) is 0. The molecule has 2 N–H and O–H groups in total. The first kappa shape index (κ1) is 11.4. The van der Waals surface area contributed by atoms with Gasteiger partial charge < -0.3 is 10.5 Å². The highest BCUT2D eigenvalue weighted by molar-refractivity contribution is 5.34. The second-order valence-corrected chi connectivity index (χ2v) is 4.85. The summed E-state index contributed by atoms with van der Waals surface area (Å²) in [5, 5.41) is 0. The summed E-state index contributed by atoms with van der Waals surface area (Å²) in [6.07, 6.45) is 2.79. The Labute approximate surface area is 95.6 Å². The van der Waals surface area contributed by atoms with E-state index in [9.17, 15) is 4.39 Å². The van der Waals surface area contributed by atoms with Gasteiger partial charge in [0.1, 0.15) is 11.6 Å². The first-order valence-electron chi connectivity index (χ1n) is 5.68. The molecule has 1 aliphatic rings. The molecular weight excluding hydrogens is 205 g/mol. The number of nitrogens with two attached hydrogens (primary N) is 1. The predicted octanol–water partition coefficient (Wildman–Crippen LogP) is 2.81. The largest absolute Gasteiger partial charge is 0.497 e. The Balaban J connectivity index is 2.33. The first-order valence-corrected chi connectivity index (χ1v) is 5.68. The molecule has 2 atom stereocenters. The summed E-state index contributed by atoms with van der Waals surface area (Å²) in [6, 6.07) is 4.94. The van der Waals surface area contributed by atoms with Crippen LogP contribution in [0.25, 0.3) is 0 Å². The molecule has 1 aromatic carbocycles. The van der Waals surface area contributed by atoms with Crippen LogP contribution in [0.3, 0.4) is 0 Å². The summed E-state index contributed by atoms with van der Waals surface area (Å²) < 4.78 is 18.9. The fourth-order valence-corrected chi connectivity index (χ4v) is 2.60. The van der Waals surface area contributed by atoms with Gasteiger partial charge in [-0.3, -0.25) is 0 Å². The van der Waals surface area contributed by atoms with Crippen LogP contribution in [0, 0.1) is 11.7 Å². The molecule has 0 aliphatic heterocycles. The molecule has 88 valence electrons. The summed E-state index contributed by atoms with van der Waals surface area (Å²) in [5.41, 5.74) is 6.41. The van der Waals surface area contributed by atoms with Crippen LogP contribution in [-0.2, 0) is 5.54 Å². The maximum Gasteiger partial charge on any atom is 0.131 e. The van der Waals surface area contributed by atoms with Crippen LogP contribution in [0.5, 0.6) is 5.75 Å². The van der Waals surface area contributed by atoms with Gasteiger partial charge in [-0.05, 0) is 31.2 Å². The second-order valence-electron chi connectivity index (χ2n) is 4.85. The van der Waals surface area contributed by atoms with E-state index in [0.29, 0.717) is 17.2 Å². The van der Waals surface area contributed by atoms with Crippen LogP contribution in [0.1, 0.15) is 31.7 Å². The number of hydrogen-bond acceptors (Lipinski definition) is 2. The van der Waals surface area contributed by atoms with E-state index in [4.69, 9.17) is 10.5 Å². The van der Waals surface area contributed by atoms with Crippen molar-refractivity contribution in [3.05, 3.63) is 29.6 Å². The maximum absolute atomic E-state index is 13.9. The Morgan fingerprint density at radius 3 is 2.75 bits per heavy atom. The average Bonchev–Trinajstić information content (AvgIpc) is 2.59. The molecule has 2 unspecified atom stereocenters. The van der Waals surface area contributed by atoms with Crippen LogP contribution in [0.2, 0.25) is 0 Å². The number of benzene rings is 1. The fraction of sp³-hybridized carbons (Fsp3) is 0.538. The van der Waals surface area contributed by atoms with Gasteiger partial charge in [-0.15, -0.1) is 0 Å². The molecule has 0 radical (unpaired) electrons. The minimum absolute atomic E-state index is 0.254. The lowest BCUT2D eigenvalue weighted by molar-refractivity contribution is 0.397. The van der Waals surface area contributed by atoms with Gasteiger partial charge in [0.25, 0.3) is 0 Å². The number of hydrogen-bond donors (Lipinski definition) is 1. The summed E-state index contributed by atoms with van der Waals surface area (Å²) in [6.45, 7) is 2.16. The number of rotatable bonds is 2. The molecule has 0 bridgehead atoms. The topological polar surface area (TPSA) is 35.2 Å². The molecule has 3 heteroatoms. The molecule has 0 heterocycles. The van der Waals surface area contributed by atoms with E-state index in [1.165, 1.54) is 13.2 Å². The van der Waals surface area contributed by atoms with Crippen LogP contribution in [0.4, 0.5) is 4.39 Å². The van der Waals surface area contributed by atoms with Gasteiger partial charge in [0.05, 0.1) is 7.11 Å². The standard InChI is InChI=1S/C13H18FNO/c1-9-5-6-13(15,8-9)11-4-3-10(16-2)7-12(11)14/h3-4,7,9H,5-6,8,15H2,1-2H3. The van der Waals surface area contributed by atoms with Crippen molar-refractivity contribution in [2.24, 2.45) is 11.7 Å². The molecule has 1 fully saturated rings. The Hall–Kier alpha value is -1.09. The van der Waals surface area contributed by atoms with Gasteiger partial charge in [-0.2, -0.15) is 0 Å². The molecule has 0 spiro atoms. The molecule has 0 amide bonds. The number of ether oxygens (including phenoxy) is 1. The minimum Gasteiger partial charge on any atom is -0.497 e. The Bertz CT molecular complexity index is 394. The molecule has 1 aliphatic carbocycles. The van der Waals surface area contributed by atoms with Crippen LogP contribution >= 0.6 is 0 Å². The molecular formula is C13H18FNO. The van der Waals surface area contributed by atoms with E-state index in [1.54, 1.807) is 12.1 Å². The summed E-state index contributed by atoms with van der Waals surface area (Å²) >= 11 is 0. The maximum atomic E-state index is 13.9. The van der Waals surface area contributed by atoms with Crippen LogP contribution in [0.15, 0.2) is 18.2 Å². The Kier molecular flexibility index (Phi) is 2.89. The highest BCUT2D eigenvalue weighted by atomic mass is 19.1. The zero-order chi connectivity index (χ0) is 11.8. The molecule has 0 saturated heterocycles. The van der Waals surface area contributed by atoms with E-state index in [2.05, 4.69) is 6.92 Å². The SMILES string of the molecule is COc1ccc(C2(N)CCC(C)C2)c(F)c1. The minimum atomic E-state index is -0.490. The monoisotopic (exact) mass is 223 g/mol.